The number of hydrogen-bond donors (Lipinski definition) is 0. The quantitative estimate of drug-likeness (QED) is 0.121. The van der Waals surface area contributed by atoms with E-state index in [1.807, 2.05) is 97.7 Å². The molecule has 132 heavy (non-hydrogen) atoms. The summed E-state index contributed by atoms with van der Waals surface area (Å²) in [5.74, 6) is 1.83. The van der Waals surface area contributed by atoms with Crippen LogP contribution in [0.5, 0.6) is 0 Å². The van der Waals surface area contributed by atoms with E-state index in [9.17, 15) is 0 Å². The molecule has 0 amide bonds. The van der Waals surface area contributed by atoms with Gasteiger partial charge in [-0.15, -0.1) is 0 Å². The van der Waals surface area contributed by atoms with Crippen LogP contribution < -0.4 is 0 Å². The fourth-order valence-electron chi connectivity index (χ4n) is 20.1. The van der Waals surface area contributed by atoms with E-state index in [2.05, 4.69) is 413 Å². The number of benzene rings is 17. The second-order valence-electron chi connectivity index (χ2n) is 33.3. The van der Waals surface area contributed by atoms with E-state index in [1.165, 1.54) is 98.7 Å². The van der Waals surface area contributed by atoms with Crippen molar-refractivity contribution in [2.24, 2.45) is 0 Å². The Morgan fingerprint density at radius 1 is 0.167 bits per heavy atom. The summed E-state index contributed by atoms with van der Waals surface area (Å²) in [7, 11) is 0. The topological polar surface area (TPSA) is 107 Å². The van der Waals surface area contributed by atoms with Crippen molar-refractivity contribution in [2.45, 2.75) is 0 Å². The third-order valence-electron chi connectivity index (χ3n) is 25.9. The Kier molecular flexibility index (Phi) is 18.6. The molecule has 0 aliphatic carbocycles. The molecule has 618 valence electrons. The molecular formula is C120H78N12. The molecule has 0 N–H and O–H groups in total. The monoisotopic (exact) mass is 1690 g/mol. The molecule has 12 heteroatoms. The molecule has 0 bridgehead atoms. The van der Waals surface area contributed by atoms with Crippen LogP contribution >= 0.6 is 0 Å². The lowest BCUT2D eigenvalue weighted by Gasteiger charge is -2.12. The highest BCUT2D eigenvalue weighted by Crippen LogP contribution is 2.46. The van der Waals surface area contributed by atoms with Crippen LogP contribution in [0.25, 0.3) is 233 Å². The SMILES string of the molecule is c1ccc(-c2ccc(-n3c4ccccc4c4ccc(-c5cccc6c5c5cnccc5n6-c5ccccc5)cc43)cc2)cc1.c1ccc(-c2nc(-c3ccccc3)nc(-n3c4ccccc4c4ccc(-c5cccc6c5c5cnccc5n6-c5ccccc5)cc43)n2)cc1.c1ccc(-n2c3ccccc3c3ccc(-c4cccc5c4c4ncccc4n5-c4ccccc4)cc32)cc1. The van der Waals surface area contributed by atoms with Gasteiger partial charge in [-0.05, 0) is 184 Å². The standard InChI is InChI=1S/C44H28N6.C41H27N3.C35H23N3/c1-4-13-29(14-5-1)42-46-43(30-15-6-2-7-16-30)48-44(47-42)50-37-21-11-10-19-34(37)35-24-23-31(27-40(35)50)33-20-12-22-39-41(33)36-28-45-26-25-38(36)49(39)32-17-8-3-9-18-32;1-3-10-28(11-4-1)29-18-21-32(22-19-29)44-37-16-8-7-14-34(37)35-23-20-30(26-40(35)44)33-15-9-17-39-41(33)36-27-42-25-24-38(36)43(39)31-12-5-2-6-13-31;1-3-11-25(12-4-1)37-30-17-8-7-15-28(30)29-21-20-24(23-33(29)37)27-16-9-18-31-34(27)35-32(19-10-22-36-35)38(31)26-13-5-2-6-14-26/h1-28H;1-27H;1-23H. The number of nitrogens with zero attached hydrogens (tertiary/aromatic N) is 12. The molecular weight excluding hydrogens is 1610 g/mol. The van der Waals surface area contributed by atoms with Gasteiger partial charge in [0.1, 0.15) is 0 Å². The third-order valence-corrected chi connectivity index (χ3v) is 25.9. The van der Waals surface area contributed by atoms with Crippen LogP contribution in [-0.2, 0) is 0 Å². The number of para-hydroxylation sites is 7. The van der Waals surface area contributed by atoms with Crippen LogP contribution in [0.1, 0.15) is 0 Å². The van der Waals surface area contributed by atoms with Crippen molar-refractivity contribution in [1.82, 2.24) is 57.3 Å². The maximum absolute atomic E-state index is 5.13. The molecule has 10 heterocycles. The van der Waals surface area contributed by atoms with Crippen LogP contribution in [-0.4, -0.2) is 57.3 Å². The van der Waals surface area contributed by atoms with Gasteiger partial charge in [-0.2, -0.15) is 9.97 Å². The maximum Gasteiger partial charge on any atom is 0.238 e. The van der Waals surface area contributed by atoms with Gasteiger partial charge in [0.25, 0.3) is 0 Å². The van der Waals surface area contributed by atoms with E-state index in [0.717, 1.165) is 116 Å². The molecule has 0 saturated carbocycles. The smallest absolute Gasteiger partial charge is 0.238 e. The van der Waals surface area contributed by atoms with E-state index >= 15 is 0 Å². The minimum atomic E-state index is 0.573. The number of pyridine rings is 3. The van der Waals surface area contributed by atoms with E-state index in [-0.39, 0.29) is 0 Å². The molecule has 0 radical (unpaired) electrons. The molecule has 0 unspecified atom stereocenters. The second kappa shape index (κ2) is 32.1. The summed E-state index contributed by atoms with van der Waals surface area (Å²) in [6.07, 6.45) is 9.63. The zero-order chi connectivity index (χ0) is 87.1. The summed E-state index contributed by atoms with van der Waals surface area (Å²) in [6.45, 7) is 0. The molecule has 27 aromatic rings. The lowest BCUT2D eigenvalue weighted by molar-refractivity contribution is 0.953. The van der Waals surface area contributed by atoms with Gasteiger partial charge in [0.2, 0.25) is 5.95 Å². The third kappa shape index (κ3) is 12.9. The van der Waals surface area contributed by atoms with Crippen LogP contribution in [0.15, 0.2) is 474 Å². The largest absolute Gasteiger partial charge is 0.309 e. The summed E-state index contributed by atoms with van der Waals surface area (Å²) in [4.78, 5) is 29.2. The summed E-state index contributed by atoms with van der Waals surface area (Å²) in [5.41, 5.74) is 31.8. The van der Waals surface area contributed by atoms with Gasteiger partial charge in [-0.25, -0.2) is 4.98 Å². The van der Waals surface area contributed by atoms with Gasteiger partial charge >= 0.3 is 0 Å². The van der Waals surface area contributed by atoms with Crippen molar-refractivity contribution in [1.29, 1.82) is 0 Å². The Bertz CT molecular complexity index is 9060. The van der Waals surface area contributed by atoms with Crippen LogP contribution in [0, 0.1) is 0 Å². The maximum atomic E-state index is 5.13. The molecule has 0 atom stereocenters. The Balaban J connectivity index is 0.000000107. The average molecular weight is 1690 g/mol. The van der Waals surface area contributed by atoms with Crippen LogP contribution in [0.3, 0.4) is 0 Å². The highest BCUT2D eigenvalue weighted by Gasteiger charge is 2.26. The fourth-order valence-corrected chi connectivity index (χ4v) is 20.1. The Morgan fingerprint density at radius 2 is 0.462 bits per heavy atom. The van der Waals surface area contributed by atoms with E-state index in [4.69, 9.17) is 19.9 Å². The molecule has 17 aromatic carbocycles. The second-order valence-corrected chi connectivity index (χ2v) is 33.3. The summed E-state index contributed by atoms with van der Waals surface area (Å²) in [6, 6.07) is 157. The molecule has 0 spiro atoms. The normalized spacial score (nSPS) is 11.6. The van der Waals surface area contributed by atoms with E-state index in [1.54, 1.807) is 0 Å². The highest BCUT2D eigenvalue weighted by molar-refractivity contribution is 6.20. The van der Waals surface area contributed by atoms with Gasteiger partial charge in [0, 0.05) is 130 Å². The molecule has 12 nitrogen and oxygen atoms in total. The number of aromatic nitrogens is 12. The molecule has 0 aliphatic rings. The van der Waals surface area contributed by atoms with Crippen molar-refractivity contribution in [2.75, 3.05) is 0 Å². The van der Waals surface area contributed by atoms with Gasteiger partial charge in [0.15, 0.2) is 11.6 Å². The van der Waals surface area contributed by atoms with Crippen molar-refractivity contribution in [3.8, 4) is 102 Å². The first-order valence-corrected chi connectivity index (χ1v) is 44.5. The first-order chi connectivity index (χ1) is 65.5. The highest BCUT2D eigenvalue weighted by atomic mass is 15.2. The first kappa shape index (κ1) is 76.4. The number of fused-ring (bicyclic) bond motifs is 18. The predicted molar refractivity (Wildman–Crippen MR) is 545 cm³/mol. The van der Waals surface area contributed by atoms with E-state index in [0.29, 0.717) is 17.6 Å². The fraction of sp³-hybridized carbons (Fsp3) is 0. The number of hydrogen-bond acceptors (Lipinski definition) is 6. The number of rotatable bonds is 12. The zero-order valence-corrected chi connectivity index (χ0v) is 71.4. The van der Waals surface area contributed by atoms with Crippen molar-refractivity contribution in [3.05, 3.63) is 474 Å². The summed E-state index contributed by atoms with van der Waals surface area (Å²) in [5, 5.41) is 13.1. The van der Waals surface area contributed by atoms with Crippen molar-refractivity contribution >= 4 is 131 Å². The first-order valence-electron chi connectivity index (χ1n) is 44.5. The lowest BCUT2D eigenvalue weighted by Crippen LogP contribution is -2.06. The van der Waals surface area contributed by atoms with Crippen LogP contribution in [0.2, 0.25) is 0 Å². The minimum Gasteiger partial charge on any atom is -0.309 e. The van der Waals surface area contributed by atoms with Crippen molar-refractivity contribution in [3.63, 3.8) is 0 Å². The molecule has 0 saturated heterocycles. The Morgan fingerprint density at radius 3 is 0.886 bits per heavy atom. The van der Waals surface area contributed by atoms with Gasteiger partial charge in [0.05, 0.1) is 71.7 Å². The van der Waals surface area contributed by atoms with Crippen LogP contribution in [0.4, 0.5) is 0 Å². The Hall–Kier alpha value is -18.0. The lowest BCUT2D eigenvalue weighted by atomic mass is 9.98. The average Bonchev–Trinajstić information content (AvgIpc) is 1.58. The van der Waals surface area contributed by atoms with Gasteiger partial charge < -0.3 is 22.8 Å². The zero-order valence-electron chi connectivity index (χ0n) is 71.4. The molecule has 27 rings (SSSR count). The summed E-state index contributed by atoms with van der Waals surface area (Å²) >= 11 is 0. The molecule has 0 aliphatic heterocycles. The Labute approximate surface area is 758 Å². The van der Waals surface area contributed by atoms with Gasteiger partial charge in [-0.3, -0.25) is 19.5 Å². The van der Waals surface area contributed by atoms with Crippen molar-refractivity contribution < 1.29 is 0 Å². The van der Waals surface area contributed by atoms with Gasteiger partial charge in [-0.1, -0.05) is 303 Å². The molecule has 0 fully saturated rings. The summed E-state index contributed by atoms with van der Waals surface area (Å²) < 4.78 is 14.0. The minimum absolute atomic E-state index is 0.573. The molecule has 10 aromatic heterocycles. The predicted octanol–water partition coefficient (Wildman–Crippen LogP) is 30.0. The van der Waals surface area contributed by atoms with E-state index < -0.39 is 0 Å².